The van der Waals surface area contributed by atoms with Crippen molar-refractivity contribution in [2.45, 2.75) is 25.3 Å². The highest BCUT2D eigenvalue weighted by Crippen LogP contribution is 2.38. The fourth-order valence-electron chi connectivity index (χ4n) is 3.59. The Hall–Kier alpha value is -2.53. The molecule has 0 saturated carbocycles. The monoisotopic (exact) mass is 368 g/mol. The molecular formula is C21H18F2N2S. The molecule has 2 aliphatic rings. The van der Waals surface area contributed by atoms with Crippen LogP contribution in [0.15, 0.2) is 65.4 Å². The molecule has 0 aromatic heterocycles. The SMILES string of the molecule is Fc1ccc(/C=C2/CCCC3=C2NC(=S)N[C@H]3c2ccc(F)cc2)cc1. The zero-order valence-corrected chi connectivity index (χ0v) is 14.9. The van der Waals surface area contributed by atoms with Gasteiger partial charge in [-0.15, -0.1) is 0 Å². The molecule has 0 spiro atoms. The van der Waals surface area contributed by atoms with Crippen LogP contribution in [0.2, 0.25) is 0 Å². The molecule has 1 aliphatic heterocycles. The maximum absolute atomic E-state index is 13.3. The summed E-state index contributed by atoms with van der Waals surface area (Å²) in [7, 11) is 0. The van der Waals surface area contributed by atoms with Crippen molar-refractivity contribution < 1.29 is 8.78 Å². The number of hydrogen-bond donors (Lipinski definition) is 2. The van der Waals surface area contributed by atoms with Crippen molar-refractivity contribution in [1.82, 2.24) is 10.6 Å². The lowest BCUT2D eigenvalue weighted by atomic mass is 9.83. The van der Waals surface area contributed by atoms with Crippen molar-refractivity contribution in [3.63, 3.8) is 0 Å². The van der Waals surface area contributed by atoms with Gasteiger partial charge in [-0.2, -0.15) is 0 Å². The van der Waals surface area contributed by atoms with Gasteiger partial charge in [0, 0.05) is 5.70 Å². The third-order valence-corrected chi connectivity index (χ3v) is 5.03. The van der Waals surface area contributed by atoms with E-state index in [1.165, 1.54) is 29.8 Å². The third kappa shape index (κ3) is 3.40. The predicted molar refractivity (Wildman–Crippen MR) is 103 cm³/mol. The van der Waals surface area contributed by atoms with Crippen LogP contribution in [0.25, 0.3) is 6.08 Å². The van der Waals surface area contributed by atoms with E-state index in [0.29, 0.717) is 5.11 Å². The molecule has 2 aromatic rings. The average Bonchev–Trinajstić information content (AvgIpc) is 2.64. The molecule has 5 heteroatoms. The summed E-state index contributed by atoms with van der Waals surface area (Å²) in [5.74, 6) is -0.492. The number of hydrogen-bond acceptors (Lipinski definition) is 1. The van der Waals surface area contributed by atoms with Gasteiger partial charge in [0.25, 0.3) is 0 Å². The summed E-state index contributed by atoms with van der Waals surface area (Å²) in [6, 6.07) is 12.9. The van der Waals surface area contributed by atoms with Crippen molar-refractivity contribution in [1.29, 1.82) is 0 Å². The Morgan fingerprint density at radius 1 is 0.923 bits per heavy atom. The topological polar surface area (TPSA) is 24.1 Å². The quantitative estimate of drug-likeness (QED) is 0.729. The van der Waals surface area contributed by atoms with Gasteiger partial charge in [-0.25, -0.2) is 8.78 Å². The van der Waals surface area contributed by atoms with Gasteiger partial charge in [0.2, 0.25) is 0 Å². The minimum Gasteiger partial charge on any atom is -0.352 e. The fourth-order valence-corrected chi connectivity index (χ4v) is 3.81. The molecule has 1 aliphatic carbocycles. The summed E-state index contributed by atoms with van der Waals surface area (Å²) in [6.07, 6.45) is 4.99. The van der Waals surface area contributed by atoms with Crippen LogP contribution in [0.4, 0.5) is 8.78 Å². The van der Waals surface area contributed by atoms with Crippen molar-refractivity contribution in [2.75, 3.05) is 0 Å². The number of thiocarbonyl (C=S) groups is 1. The van der Waals surface area contributed by atoms with Crippen molar-refractivity contribution in [3.8, 4) is 0 Å². The van der Waals surface area contributed by atoms with E-state index >= 15 is 0 Å². The summed E-state index contributed by atoms with van der Waals surface area (Å²) in [4.78, 5) is 0. The molecule has 26 heavy (non-hydrogen) atoms. The summed E-state index contributed by atoms with van der Waals surface area (Å²) in [5, 5.41) is 7.16. The van der Waals surface area contributed by atoms with Crippen LogP contribution >= 0.6 is 12.2 Å². The highest BCUT2D eigenvalue weighted by molar-refractivity contribution is 7.80. The molecule has 0 fully saturated rings. The first kappa shape index (κ1) is 16.9. The molecule has 0 saturated heterocycles. The first-order valence-corrected chi connectivity index (χ1v) is 9.03. The van der Waals surface area contributed by atoms with E-state index in [0.717, 1.165) is 41.7 Å². The maximum atomic E-state index is 13.3. The first-order valence-electron chi connectivity index (χ1n) is 8.63. The van der Waals surface area contributed by atoms with E-state index in [9.17, 15) is 8.78 Å². The van der Waals surface area contributed by atoms with E-state index in [4.69, 9.17) is 12.2 Å². The highest BCUT2D eigenvalue weighted by atomic mass is 32.1. The molecule has 132 valence electrons. The predicted octanol–water partition coefficient (Wildman–Crippen LogP) is 5.01. The normalized spacial score (nSPS) is 21.2. The molecule has 2 N–H and O–H groups in total. The van der Waals surface area contributed by atoms with E-state index in [2.05, 4.69) is 16.7 Å². The van der Waals surface area contributed by atoms with E-state index < -0.39 is 0 Å². The highest BCUT2D eigenvalue weighted by Gasteiger charge is 2.30. The zero-order valence-electron chi connectivity index (χ0n) is 14.1. The standard InChI is InChI=1S/C21H18F2N2S/c22-16-8-4-13(5-9-16)12-15-2-1-3-18-19(24-21(26)25-20(15)18)14-6-10-17(23)11-7-14/h4-12,19H,1-3H2,(H2,24,25,26)/b15-12-/t19-/m0/s1. The van der Waals surface area contributed by atoms with Crippen molar-refractivity contribution in [2.24, 2.45) is 0 Å². The molecule has 4 rings (SSSR count). The van der Waals surface area contributed by atoms with Gasteiger partial charge in [0.05, 0.1) is 6.04 Å². The van der Waals surface area contributed by atoms with Gasteiger partial charge in [-0.05, 0) is 84.1 Å². The molecule has 0 amide bonds. The van der Waals surface area contributed by atoms with Crippen LogP contribution in [0.3, 0.4) is 0 Å². The second-order valence-corrected chi connectivity index (χ2v) is 6.97. The second kappa shape index (κ2) is 7.00. The second-order valence-electron chi connectivity index (χ2n) is 6.56. The Bertz CT molecular complexity index is 899. The average molecular weight is 368 g/mol. The van der Waals surface area contributed by atoms with E-state index in [-0.39, 0.29) is 17.7 Å². The minimum atomic E-state index is -0.250. The molecule has 1 heterocycles. The van der Waals surface area contributed by atoms with Gasteiger partial charge in [0.1, 0.15) is 11.6 Å². The summed E-state index contributed by atoms with van der Waals surface area (Å²) in [5.41, 5.74) is 5.38. The molecule has 2 nitrogen and oxygen atoms in total. The lowest BCUT2D eigenvalue weighted by Gasteiger charge is -2.36. The van der Waals surface area contributed by atoms with Crippen molar-refractivity contribution >= 4 is 23.4 Å². The largest absolute Gasteiger partial charge is 0.352 e. The van der Waals surface area contributed by atoms with Gasteiger partial charge in [-0.1, -0.05) is 24.3 Å². The molecule has 2 aromatic carbocycles. The lowest BCUT2D eigenvalue weighted by molar-refractivity contribution is 0.602. The number of allylic oxidation sites excluding steroid dienone is 1. The molecular weight excluding hydrogens is 350 g/mol. The first-order chi connectivity index (χ1) is 12.6. The maximum Gasteiger partial charge on any atom is 0.171 e. The van der Waals surface area contributed by atoms with Crippen LogP contribution in [-0.4, -0.2) is 5.11 Å². The van der Waals surface area contributed by atoms with Crippen molar-refractivity contribution in [3.05, 3.63) is 88.1 Å². The summed E-state index contributed by atoms with van der Waals surface area (Å²) < 4.78 is 26.4. The Kier molecular flexibility index (Phi) is 4.55. The molecule has 0 radical (unpaired) electrons. The number of rotatable bonds is 2. The Balaban J connectivity index is 1.75. The van der Waals surface area contributed by atoms with Crippen LogP contribution in [0.1, 0.15) is 36.4 Å². The Morgan fingerprint density at radius 2 is 1.58 bits per heavy atom. The Morgan fingerprint density at radius 3 is 2.27 bits per heavy atom. The van der Waals surface area contributed by atoms with E-state index in [1.54, 1.807) is 24.3 Å². The summed E-state index contributed by atoms with van der Waals surface area (Å²) in [6.45, 7) is 0. The van der Waals surface area contributed by atoms with Gasteiger partial charge < -0.3 is 10.6 Å². The molecule has 1 atom stereocenters. The van der Waals surface area contributed by atoms with Gasteiger partial charge >= 0.3 is 0 Å². The number of halogens is 2. The smallest absolute Gasteiger partial charge is 0.171 e. The van der Waals surface area contributed by atoms with Crippen LogP contribution in [-0.2, 0) is 0 Å². The summed E-state index contributed by atoms with van der Waals surface area (Å²) >= 11 is 5.40. The minimum absolute atomic E-state index is 0.0590. The van der Waals surface area contributed by atoms with Gasteiger partial charge in [-0.3, -0.25) is 0 Å². The molecule has 0 unspecified atom stereocenters. The van der Waals surface area contributed by atoms with Crippen LogP contribution in [0, 0.1) is 11.6 Å². The number of benzene rings is 2. The third-order valence-electron chi connectivity index (χ3n) is 4.81. The zero-order chi connectivity index (χ0) is 18.1. The van der Waals surface area contributed by atoms with E-state index in [1.807, 2.05) is 0 Å². The molecule has 0 bridgehead atoms. The van der Waals surface area contributed by atoms with Gasteiger partial charge in [0.15, 0.2) is 5.11 Å². The number of nitrogens with one attached hydrogen (secondary N) is 2. The van der Waals surface area contributed by atoms with Crippen LogP contribution in [0.5, 0.6) is 0 Å². The lowest BCUT2D eigenvalue weighted by Crippen LogP contribution is -2.45. The van der Waals surface area contributed by atoms with Crippen LogP contribution < -0.4 is 10.6 Å². The fraction of sp³-hybridized carbons (Fsp3) is 0.190. The Labute approximate surface area is 156 Å².